The van der Waals surface area contributed by atoms with Gasteiger partial charge < -0.3 is 14.8 Å². The summed E-state index contributed by atoms with van der Waals surface area (Å²) in [5, 5.41) is 2.93. The van der Waals surface area contributed by atoms with Crippen molar-refractivity contribution in [1.29, 1.82) is 0 Å². The van der Waals surface area contributed by atoms with E-state index >= 15 is 0 Å². The zero-order valence-electron chi connectivity index (χ0n) is 14.9. The molecule has 1 aromatic heterocycles. The molecular formula is C20H25N3O2. The SMILES string of the molecule is Cc1cc(=O)cc(C)n1CC(=O)Nc1ccc(N2CCCCC2)cc1. The van der Waals surface area contributed by atoms with E-state index in [0.29, 0.717) is 0 Å². The highest BCUT2D eigenvalue weighted by atomic mass is 16.2. The van der Waals surface area contributed by atoms with E-state index in [-0.39, 0.29) is 17.9 Å². The number of nitrogens with zero attached hydrogens (tertiary/aromatic N) is 2. The molecule has 132 valence electrons. The summed E-state index contributed by atoms with van der Waals surface area (Å²) in [5.41, 5.74) is 3.56. The van der Waals surface area contributed by atoms with Gasteiger partial charge >= 0.3 is 0 Å². The van der Waals surface area contributed by atoms with Crippen molar-refractivity contribution >= 4 is 17.3 Å². The van der Waals surface area contributed by atoms with Crippen LogP contribution < -0.4 is 15.6 Å². The van der Waals surface area contributed by atoms with E-state index in [1.165, 1.54) is 24.9 Å². The van der Waals surface area contributed by atoms with Gasteiger partial charge in [0.1, 0.15) is 6.54 Å². The first kappa shape index (κ1) is 17.3. The van der Waals surface area contributed by atoms with E-state index in [0.717, 1.165) is 30.2 Å². The Balaban J connectivity index is 1.64. The Morgan fingerprint density at radius 2 is 1.60 bits per heavy atom. The van der Waals surface area contributed by atoms with Crippen molar-refractivity contribution < 1.29 is 4.79 Å². The molecular weight excluding hydrogens is 314 g/mol. The Morgan fingerprint density at radius 1 is 1.00 bits per heavy atom. The molecule has 1 aliphatic rings. The first-order valence-electron chi connectivity index (χ1n) is 8.86. The maximum absolute atomic E-state index is 12.3. The van der Waals surface area contributed by atoms with E-state index in [4.69, 9.17) is 0 Å². The highest BCUT2D eigenvalue weighted by Gasteiger charge is 2.11. The van der Waals surface area contributed by atoms with Crippen molar-refractivity contribution in [3.8, 4) is 0 Å². The Kier molecular flexibility index (Phi) is 5.22. The molecule has 0 unspecified atom stereocenters. The van der Waals surface area contributed by atoms with Gasteiger partial charge in [0, 0.05) is 48.0 Å². The molecule has 5 nitrogen and oxygen atoms in total. The van der Waals surface area contributed by atoms with Gasteiger partial charge in [0.2, 0.25) is 5.91 Å². The number of hydrogen-bond acceptors (Lipinski definition) is 3. The number of rotatable bonds is 4. The van der Waals surface area contributed by atoms with E-state index in [2.05, 4.69) is 22.3 Å². The number of carbonyl (C=O) groups excluding carboxylic acids is 1. The molecule has 5 heteroatoms. The summed E-state index contributed by atoms with van der Waals surface area (Å²) in [6.45, 7) is 6.10. The minimum absolute atomic E-state index is 0.0278. The number of amides is 1. The number of aryl methyl sites for hydroxylation is 2. The molecule has 1 aromatic carbocycles. The van der Waals surface area contributed by atoms with Crippen LogP contribution in [0.4, 0.5) is 11.4 Å². The number of carbonyl (C=O) groups is 1. The molecule has 2 heterocycles. The van der Waals surface area contributed by atoms with Gasteiger partial charge in [-0.1, -0.05) is 0 Å². The van der Waals surface area contributed by atoms with Crippen LogP contribution in [0.15, 0.2) is 41.2 Å². The average molecular weight is 339 g/mol. The molecule has 1 aliphatic heterocycles. The maximum Gasteiger partial charge on any atom is 0.244 e. The molecule has 0 radical (unpaired) electrons. The molecule has 0 bridgehead atoms. The van der Waals surface area contributed by atoms with Gasteiger partial charge in [0.15, 0.2) is 5.43 Å². The van der Waals surface area contributed by atoms with Crippen LogP contribution in [0.5, 0.6) is 0 Å². The molecule has 0 aliphatic carbocycles. The van der Waals surface area contributed by atoms with Gasteiger partial charge in [0.25, 0.3) is 0 Å². The first-order chi connectivity index (χ1) is 12.0. The van der Waals surface area contributed by atoms with Crippen LogP contribution in [0, 0.1) is 13.8 Å². The van der Waals surface area contributed by atoms with Crippen LogP contribution in [0.1, 0.15) is 30.7 Å². The molecule has 1 fully saturated rings. The van der Waals surface area contributed by atoms with Crippen LogP contribution >= 0.6 is 0 Å². The normalized spacial score (nSPS) is 14.4. The number of piperidine rings is 1. The largest absolute Gasteiger partial charge is 0.372 e. The number of pyridine rings is 1. The number of nitrogens with one attached hydrogen (secondary N) is 1. The van der Waals surface area contributed by atoms with Crippen molar-refractivity contribution in [1.82, 2.24) is 4.57 Å². The number of anilines is 2. The predicted molar refractivity (Wildman–Crippen MR) is 101 cm³/mol. The minimum atomic E-state index is -0.0967. The molecule has 1 saturated heterocycles. The molecule has 1 N–H and O–H groups in total. The zero-order valence-corrected chi connectivity index (χ0v) is 14.9. The second-order valence-corrected chi connectivity index (χ2v) is 6.70. The maximum atomic E-state index is 12.3. The fraction of sp³-hybridized carbons (Fsp3) is 0.400. The molecule has 2 aromatic rings. The van der Waals surface area contributed by atoms with Crippen molar-refractivity contribution in [2.24, 2.45) is 0 Å². The van der Waals surface area contributed by atoms with Gasteiger partial charge in [-0.15, -0.1) is 0 Å². The fourth-order valence-corrected chi connectivity index (χ4v) is 3.39. The predicted octanol–water partition coefficient (Wildman–Crippen LogP) is 3.09. The van der Waals surface area contributed by atoms with Crippen LogP contribution in [-0.4, -0.2) is 23.6 Å². The van der Waals surface area contributed by atoms with Crippen LogP contribution in [0.3, 0.4) is 0 Å². The number of benzene rings is 1. The van der Waals surface area contributed by atoms with E-state index < -0.39 is 0 Å². The zero-order chi connectivity index (χ0) is 17.8. The van der Waals surface area contributed by atoms with Crippen LogP contribution in [0.25, 0.3) is 0 Å². The number of hydrogen-bond donors (Lipinski definition) is 1. The number of aromatic nitrogens is 1. The smallest absolute Gasteiger partial charge is 0.244 e. The third kappa shape index (κ3) is 4.29. The highest BCUT2D eigenvalue weighted by molar-refractivity contribution is 5.90. The lowest BCUT2D eigenvalue weighted by atomic mass is 10.1. The third-order valence-corrected chi connectivity index (χ3v) is 4.73. The van der Waals surface area contributed by atoms with Gasteiger partial charge in [-0.05, 0) is 57.4 Å². The summed E-state index contributed by atoms with van der Waals surface area (Å²) in [6.07, 6.45) is 3.81. The standard InChI is InChI=1S/C20H25N3O2/c1-15-12-19(24)13-16(2)23(15)14-20(25)21-17-6-8-18(9-7-17)22-10-4-3-5-11-22/h6-9,12-13H,3-5,10-11,14H2,1-2H3,(H,21,25). The summed E-state index contributed by atoms with van der Waals surface area (Å²) >= 11 is 0. The van der Waals surface area contributed by atoms with Gasteiger partial charge in [0.05, 0.1) is 0 Å². The van der Waals surface area contributed by atoms with Gasteiger partial charge in [-0.2, -0.15) is 0 Å². The molecule has 25 heavy (non-hydrogen) atoms. The van der Waals surface area contributed by atoms with Crippen LogP contribution in [-0.2, 0) is 11.3 Å². The third-order valence-electron chi connectivity index (χ3n) is 4.73. The second kappa shape index (κ2) is 7.55. The average Bonchev–Trinajstić information content (AvgIpc) is 2.59. The van der Waals surface area contributed by atoms with E-state index in [1.807, 2.05) is 30.5 Å². The summed E-state index contributed by atoms with van der Waals surface area (Å²) in [4.78, 5) is 26.2. The molecule has 0 spiro atoms. The quantitative estimate of drug-likeness (QED) is 0.931. The van der Waals surface area contributed by atoms with Crippen molar-refractivity contribution in [2.45, 2.75) is 39.7 Å². The fourth-order valence-electron chi connectivity index (χ4n) is 3.39. The Hall–Kier alpha value is -2.56. The molecule has 3 rings (SSSR count). The van der Waals surface area contributed by atoms with Crippen LogP contribution in [0.2, 0.25) is 0 Å². The summed E-state index contributed by atoms with van der Waals surface area (Å²) < 4.78 is 1.85. The lowest BCUT2D eigenvalue weighted by Crippen LogP contribution is -2.29. The van der Waals surface area contributed by atoms with Crippen molar-refractivity contribution in [3.05, 3.63) is 58.0 Å². The van der Waals surface area contributed by atoms with E-state index in [1.54, 1.807) is 12.1 Å². The Morgan fingerprint density at radius 3 is 2.20 bits per heavy atom. The lowest BCUT2D eigenvalue weighted by Gasteiger charge is -2.28. The minimum Gasteiger partial charge on any atom is -0.372 e. The molecule has 1 amide bonds. The second-order valence-electron chi connectivity index (χ2n) is 6.70. The highest BCUT2D eigenvalue weighted by Crippen LogP contribution is 2.21. The van der Waals surface area contributed by atoms with Gasteiger partial charge in [-0.3, -0.25) is 9.59 Å². The summed E-state index contributed by atoms with van der Waals surface area (Å²) in [6, 6.07) is 11.1. The Bertz CT molecular complexity index is 776. The lowest BCUT2D eigenvalue weighted by molar-refractivity contribution is -0.116. The Labute approximate surface area is 148 Å². The first-order valence-corrected chi connectivity index (χ1v) is 8.86. The molecule has 0 saturated carbocycles. The van der Waals surface area contributed by atoms with Crippen molar-refractivity contribution in [3.63, 3.8) is 0 Å². The summed E-state index contributed by atoms with van der Waals surface area (Å²) in [5.74, 6) is -0.0967. The van der Waals surface area contributed by atoms with E-state index in [9.17, 15) is 9.59 Å². The topological polar surface area (TPSA) is 54.3 Å². The van der Waals surface area contributed by atoms with Gasteiger partial charge in [-0.25, -0.2) is 0 Å². The summed E-state index contributed by atoms with van der Waals surface area (Å²) in [7, 11) is 0. The van der Waals surface area contributed by atoms with Crippen molar-refractivity contribution in [2.75, 3.05) is 23.3 Å². The molecule has 0 atom stereocenters. The monoisotopic (exact) mass is 339 g/mol.